The first-order chi connectivity index (χ1) is 17.6. The van der Waals surface area contributed by atoms with E-state index in [1.165, 1.54) is 13.2 Å². The molecule has 0 aliphatic carbocycles. The zero-order valence-electron chi connectivity index (χ0n) is 19.9. The number of esters is 1. The van der Waals surface area contributed by atoms with Crippen LogP contribution in [-0.2, 0) is 40.1 Å². The number of rotatable bonds is 11. The monoisotopic (exact) mass is 535 g/mol. The van der Waals surface area contributed by atoms with E-state index in [1.807, 2.05) is 0 Å². The van der Waals surface area contributed by atoms with Crippen LogP contribution in [-0.4, -0.2) is 30.7 Å². The lowest BCUT2D eigenvalue weighted by atomic mass is 9.94. The fraction of sp³-hybridized carbons (Fsp3) is 0.259. The molecule has 0 heterocycles. The van der Waals surface area contributed by atoms with Gasteiger partial charge in [-0.05, 0) is 58.7 Å². The lowest BCUT2D eigenvalue weighted by Gasteiger charge is -2.17. The highest BCUT2D eigenvalue weighted by atomic mass is 35.5. The summed E-state index contributed by atoms with van der Waals surface area (Å²) in [4.78, 5) is 23.2. The number of carboxylic acid groups (broad SMARTS) is 1. The Morgan fingerprint density at radius 2 is 1.78 bits per heavy atom. The first-order valence-corrected chi connectivity index (χ1v) is 11.6. The van der Waals surface area contributed by atoms with E-state index in [1.54, 1.807) is 42.5 Å². The zero-order valence-corrected chi connectivity index (χ0v) is 20.7. The first kappa shape index (κ1) is 28.0. The predicted octanol–water partition coefficient (Wildman–Crippen LogP) is 5.88. The second-order valence-corrected chi connectivity index (χ2v) is 8.63. The van der Waals surface area contributed by atoms with Gasteiger partial charge in [-0.1, -0.05) is 35.9 Å². The molecule has 3 aromatic rings. The molecule has 0 saturated carbocycles. The summed E-state index contributed by atoms with van der Waals surface area (Å²) in [6.07, 6.45) is -4.79. The highest BCUT2D eigenvalue weighted by Gasteiger charge is 2.31. The van der Waals surface area contributed by atoms with Crippen molar-refractivity contribution in [2.75, 3.05) is 13.7 Å². The van der Waals surface area contributed by atoms with Crippen molar-refractivity contribution < 1.29 is 37.3 Å². The second-order valence-electron chi connectivity index (χ2n) is 8.19. The number of carbonyl (C=O) groups excluding carboxylic acids is 1. The Kier molecular flexibility index (Phi) is 9.54. The molecule has 0 spiro atoms. The maximum atomic E-state index is 13.4. The Balaban J connectivity index is 1.74. The summed E-state index contributed by atoms with van der Waals surface area (Å²) in [6.45, 7) is 0.247. The zero-order chi connectivity index (χ0) is 27.0. The van der Waals surface area contributed by atoms with Crippen LogP contribution < -0.4 is 10.1 Å². The number of hydrogen-bond acceptors (Lipinski definition) is 5. The van der Waals surface area contributed by atoms with Gasteiger partial charge in [0.1, 0.15) is 12.4 Å². The predicted molar refractivity (Wildman–Crippen MR) is 132 cm³/mol. The number of benzene rings is 3. The maximum Gasteiger partial charge on any atom is 0.416 e. The van der Waals surface area contributed by atoms with Crippen molar-refractivity contribution >= 4 is 23.5 Å². The van der Waals surface area contributed by atoms with E-state index >= 15 is 0 Å². The van der Waals surface area contributed by atoms with Crippen LogP contribution in [0.1, 0.15) is 28.7 Å². The van der Waals surface area contributed by atoms with Crippen molar-refractivity contribution in [2.45, 2.75) is 32.2 Å². The second kappa shape index (κ2) is 12.6. The van der Waals surface area contributed by atoms with Crippen LogP contribution in [0, 0.1) is 0 Å². The molecule has 10 heteroatoms. The largest absolute Gasteiger partial charge is 0.496 e. The molecule has 0 radical (unpaired) electrons. The van der Waals surface area contributed by atoms with Gasteiger partial charge in [0.25, 0.3) is 0 Å². The molecule has 0 bridgehead atoms. The van der Waals surface area contributed by atoms with E-state index in [0.717, 1.165) is 17.7 Å². The topological polar surface area (TPSA) is 84.9 Å². The Bertz CT molecular complexity index is 1260. The number of halogens is 4. The molecule has 0 amide bonds. The van der Waals surface area contributed by atoms with Crippen LogP contribution >= 0.6 is 11.6 Å². The van der Waals surface area contributed by atoms with E-state index in [2.05, 4.69) is 5.32 Å². The Morgan fingerprint density at radius 1 is 1.00 bits per heavy atom. The Morgan fingerprint density at radius 3 is 2.46 bits per heavy atom. The number of carbonyl (C=O) groups is 2. The van der Waals surface area contributed by atoms with Crippen LogP contribution in [0.5, 0.6) is 5.75 Å². The summed E-state index contributed by atoms with van der Waals surface area (Å²) in [5.74, 6) is -1.12. The summed E-state index contributed by atoms with van der Waals surface area (Å²) in [5, 5.41) is 12.6. The van der Waals surface area contributed by atoms with Gasteiger partial charge >= 0.3 is 18.1 Å². The molecule has 0 aromatic heterocycles. The van der Waals surface area contributed by atoms with Gasteiger partial charge in [-0.3, -0.25) is 9.59 Å². The van der Waals surface area contributed by atoms with Crippen molar-refractivity contribution in [3.63, 3.8) is 0 Å². The molecule has 0 aliphatic rings. The van der Waals surface area contributed by atoms with E-state index < -0.39 is 23.7 Å². The minimum absolute atomic E-state index is 0.00623. The lowest BCUT2D eigenvalue weighted by Crippen LogP contribution is -2.20. The number of ether oxygens (including phenoxy) is 2. The van der Waals surface area contributed by atoms with Gasteiger partial charge in [-0.15, -0.1) is 0 Å². The minimum Gasteiger partial charge on any atom is -0.496 e. The summed E-state index contributed by atoms with van der Waals surface area (Å²) in [7, 11) is 1.42. The molecule has 6 nitrogen and oxygen atoms in total. The number of alkyl halides is 3. The third kappa shape index (κ3) is 8.23. The number of hydrogen-bond donors (Lipinski definition) is 2. The standard InChI is InChI=1S/C27H25ClF3NO5/c1-36-24-8-5-17(13-25(33)34)12-23(24)22-7-6-20(27(29,30)31)14-19(22)15-32-10-9-26(35)37-16-18-3-2-4-21(28)11-18/h2-8,11-12,14,32H,9-10,13,15-16H2,1H3,(H,33,34). The normalized spacial score (nSPS) is 11.3. The molecule has 0 aliphatic heterocycles. The number of carboxylic acids is 1. The van der Waals surface area contributed by atoms with Gasteiger partial charge in [0, 0.05) is 23.7 Å². The SMILES string of the molecule is COc1ccc(CC(=O)O)cc1-c1ccc(C(F)(F)F)cc1CNCCC(=O)OCc1cccc(Cl)c1. The van der Waals surface area contributed by atoms with Crippen LogP contribution in [0.4, 0.5) is 13.2 Å². The molecule has 0 saturated heterocycles. The number of aliphatic carboxylic acids is 1. The smallest absolute Gasteiger partial charge is 0.416 e. The average molecular weight is 536 g/mol. The minimum atomic E-state index is -4.55. The highest BCUT2D eigenvalue weighted by molar-refractivity contribution is 6.30. The van der Waals surface area contributed by atoms with Crippen LogP contribution in [0.15, 0.2) is 60.7 Å². The van der Waals surface area contributed by atoms with Gasteiger partial charge in [-0.2, -0.15) is 13.2 Å². The van der Waals surface area contributed by atoms with Gasteiger partial charge < -0.3 is 19.9 Å². The number of nitrogens with one attached hydrogen (secondary N) is 1. The van der Waals surface area contributed by atoms with E-state index in [-0.39, 0.29) is 32.5 Å². The molecule has 0 unspecified atom stereocenters. The van der Waals surface area contributed by atoms with Crippen molar-refractivity contribution in [2.24, 2.45) is 0 Å². The van der Waals surface area contributed by atoms with Crippen LogP contribution in [0.3, 0.4) is 0 Å². The van der Waals surface area contributed by atoms with Crippen molar-refractivity contribution in [3.8, 4) is 16.9 Å². The third-order valence-corrected chi connectivity index (χ3v) is 5.69. The molecule has 3 rings (SSSR count). The Hall–Kier alpha value is -3.56. The molecule has 196 valence electrons. The van der Waals surface area contributed by atoms with Crippen molar-refractivity contribution in [1.82, 2.24) is 5.32 Å². The molecular formula is C27H25ClF3NO5. The molecule has 37 heavy (non-hydrogen) atoms. The van der Waals surface area contributed by atoms with Gasteiger partial charge in [0.05, 0.1) is 25.5 Å². The first-order valence-electron chi connectivity index (χ1n) is 11.3. The highest BCUT2D eigenvalue weighted by Crippen LogP contribution is 2.37. The summed E-state index contributed by atoms with van der Waals surface area (Å²) < 4.78 is 50.9. The van der Waals surface area contributed by atoms with Crippen molar-refractivity contribution in [3.05, 3.63) is 87.9 Å². The van der Waals surface area contributed by atoms with Crippen molar-refractivity contribution in [1.29, 1.82) is 0 Å². The third-order valence-electron chi connectivity index (χ3n) is 5.45. The Labute approximate surface area is 217 Å². The summed E-state index contributed by atoms with van der Waals surface area (Å²) >= 11 is 5.91. The fourth-order valence-corrected chi connectivity index (χ4v) is 3.92. The van der Waals surface area contributed by atoms with E-state index in [0.29, 0.717) is 33.0 Å². The summed E-state index contributed by atoms with van der Waals surface area (Å²) in [6, 6.07) is 15.0. The number of methoxy groups -OCH3 is 1. The molecule has 0 atom stereocenters. The maximum absolute atomic E-state index is 13.4. The van der Waals surface area contributed by atoms with E-state index in [9.17, 15) is 22.8 Å². The molecule has 3 aromatic carbocycles. The van der Waals surface area contributed by atoms with Gasteiger partial charge in [0.2, 0.25) is 0 Å². The summed E-state index contributed by atoms with van der Waals surface area (Å²) in [5.41, 5.74) is 1.62. The quantitative estimate of drug-likeness (QED) is 0.235. The molecule has 0 fully saturated rings. The molecular weight excluding hydrogens is 511 g/mol. The van der Waals surface area contributed by atoms with Gasteiger partial charge in [0.15, 0.2) is 0 Å². The van der Waals surface area contributed by atoms with Crippen LogP contribution in [0.2, 0.25) is 5.02 Å². The molecule has 2 N–H and O–H groups in total. The fourth-order valence-electron chi connectivity index (χ4n) is 3.71. The average Bonchev–Trinajstić information content (AvgIpc) is 2.84. The van der Waals surface area contributed by atoms with Gasteiger partial charge in [-0.25, -0.2) is 0 Å². The van der Waals surface area contributed by atoms with Crippen LogP contribution in [0.25, 0.3) is 11.1 Å². The van der Waals surface area contributed by atoms with E-state index in [4.69, 9.17) is 26.2 Å². The lowest BCUT2D eigenvalue weighted by molar-refractivity contribution is -0.145.